The maximum absolute atomic E-state index is 13.7. The predicted molar refractivity (Wildman–Crippen MR) is 134 cm³/mol. The molecule has 1 aromatic heterocycles. The van der Waals surface area contributed by atoms with Crippen molar-refractivity contribution in [3.63, 3.8) is 0 Å². The van der Waals surface area contributed by atoms with Gasteiger partial charge >= 0.3 is 43.7 Å². The number of aliphatic hydroxyl groups excluding tert-OH is 2. The fourth-order valence-corrected chi connectivity index (χ4v) is 3.85. The number of methoxy groups -OCH3 is 1. The average molecular weight is 502 g/mol. The summed E-state index contributed by atoms with van der Waals surface area (Å²) in [6, 6.07) is 6.23. The van der Waals surface area contributed by atoms with E-state index in [9.17, 15) is 19.4 Å². The second kappa shape index (κ2) is 14.3. The number of nitrogens with zero attached hydrogens (tertiary/aromatic N) is 1. The number of carboxylic acid groups (broad SMARTS) is 1. The van der Waals surface area contributed by atoms with Crippen molar-refractivity contribution in [3.8, 4) is 11.1 Å². The largest absolute Gasteiger partial charge is 2.00 e. The van der Waals surface area contributed by atoms with Crippen molar-refractivity contribution in [1.29, 1.82) is 0 Å². The zero-order chi connectivity index (χ0) is 24.7. The van der Waals surface area contributed by atoms with E-state index in [-0.39, 0.29) is 64.7 Å². The number of carboxylic acids is 1. The Labute approximate surface area is 233 Å². The summed E-state index contributed by atoms with van der Waals surface area (Å²) in [5.74, 6) is -1.28. The molecular formula is C26H36CaFNO5. The Balaban J connectivity index is 0. The fraction of sp³-hybridized carbons (Fsp3) is 0.462. The molecule has 34 heavy (non-hydrogen) atoms. The van der Waals surface area contributed by atoms with Gasteiger partial charge in [-0.25, -0.2) is 4.39 Å². The first-order valence-electron chi connectivity index (χ1n) is 11.1. The van der Waals surface area contributed by atoms with Crippen LogP contribution < -0.4 is 0 Å². The van der Waals surface area contributed by atoms with Crippen LogP contribution in [0, 0.1) is 5.82 Å². The van der Waals surface area contributed by atoms with Crippen molar-refractivity contribution < 1.29 is 32.1 Å². The predicted octanol–water partition coefficient (Wildman–Crippen LogP) is 4.72. The first-order chi connectivity index (χ1) is 15.5. The molecule has 0 radical (unpaired) electrons. The molecule has 2 aromatic rings. The summed E-state index contributed by atoms with van der Waals surface area (Å²) < 4.78 is 19.2. The topological polar surface area (TPSA) is 99.9 Å². The Kier molecular flexibility index (Phi) is 12.9. The second-order valence-electron chi connectivity index (χ2n) is 8.81. The van der Waals surface area contributed by atoms with E-state index in [1.54, 1.807) is 25.3 Å². The molecule has 3 N–H and O–H groups in total. The quantitative estimate of drug-likeness (QED) is 0.385. The summed E-state index contributed by atoms with van der Waals surface area (Å²) in [6.07, 6.45) is 0.541. The van der Waals surface area contributed by atoms with E-state index in [1.165, 1.54) is 18.2 Å². The average Bonchev–Trinajstić information content (AvgIpc) is 2.72. The Morgan fingerprint density at radius 3 is 2.21 bits per heavy atom. The molecule has 0 saturated carbocycles. The van der Waals surface area contributed by atoms with Gasteiger partial charge in [0.2, 0.25) is 0 Å². The van der Waals surface area contributed by atoms with Gasteiger partial charge in [-0.15, -0.1) is 0 Å². The molecule has 8 heteroatoms. The number of hydrogen-bond donors (Lipinski definition) is 3. The Morgan fingerprint density at radius 1 is 1.12 bits per heavy atom. The molecule has 0 unspecified atom stereocenters. The molecule has 1 heterocycles. The molecule has 2 atom stereocenters. The Bertz CT molecular complexity index is 987. The van der Waals surface area contributed by atoms with Crippen LogP contribution in [0.1, 0.15) is 77.7 Å². The first-order valence-corrected chi connectivity index (χ1v) is 11.1. The van der Waals surface area contributed by atoms with Crippen molar-refractivity contribution in [3.05, 3.63) is 58.7 Å². The van der Waals surface area contributed by atoms with Gasteiger partial charge in [0.15, 0.2) is 0 Å². The van der Waals surface area contributed by atoms with Gasteiger partial charge in [0.1, 0.15) is 5.82 Å². The van der Waals surface area contributed by atoms with Gasteiger partial charge in [-0.2, -0.15) is 0 Å². The van der Waals surface area contributed by atoms with Crippen molar-refractivity contribution in [2.24, 2.45) is 0 Å². The molecule has 0 aliphatic rings. The molecule has 184 valence electrons. The van der Waals surface area contributed by atoms with E-state index >= 15 is 0 Å². The number of aromatic nitrogens is 1. The van der Waals surface area contributed by atoms with Crippen molar-refractivity contribution in [2.45, 2.75) is 71.2 Å². The van der Waals surface area contributed by atoms with Crippen LogP contribution in [-0.2, 0) is 16.1 Å². The van der Waals surface area contributed by atoms with Gasteiger partial charge in [-0.05, 0) is 35.1 Å². The van der Waals surface area contributed by atoms with Gasteiger partial charge < -0.3 is 22.9 Å². The number of pyridine rings is 1. The van der Waals surface area contributed by atoms with Gasteiger partial charge in [0.05, 0.1) is 30.9 Å². The molecule has 0 saturated heterocycles. The zero-order valence-corrected chi connectivity index (χ0v) is 22.8. The van der Waals surface area contributed by atoms with E-state index < -0.39 is 24.6 Å². The maximum atomic E-state index is 13.7. The molecule has 2 rings (SSSR count). The SMILES string of the molecule is COCc1c(C(C)C)nc(C(C)C)c(C=C[C@@H](O)C[C@@H](O)CC(=O)O)c1-c1ccc(F)cc1.[Ca+2].[H-].[H-]. The summed E-state index contributed by atoms with van der Waals surface area (Å²) in [4.78, 5) is 15.8. The van der Waals surface area contributed by atoms with Crippen molar-refractivity contribution in [1.82, 2.24) is 4.98 Å². The van der Waals surface area contributed by atoms with Crippen LogP contribution in [0.5, 0.6) is 0 Å². The van der Waals surface area contributed by atoms with Crippen LogP contribution in [0.25, 0.3) is 17.2 Å². The number of benzene rings is 1. The van der Waals surface area contributed by atoms with E-state index in [0.29, 0.717) is 6.61 Å². The third-order valence-corrected chi connectivity index (χ3v) is 5.32. The number of aliphatic hydroxyl groups is 2. The number of aliphatic carboxylic acids is 1. The third-order valence-electron chi connectivity index (χ3n) is 5.32. The summed E-state index contributed by atoms with van der Waals surface area (Å²) in [5.41, 5.74) is 5.05. The number of hydrogen-bond acceptors (Lipinski definition) is 5. The molecule has 1 aromatic carbocycles. The zero-order valence-electron chi connectivity index (χ0n) is 22.6. The van der Waals surface area contributed by atoms with Gasteiger partial charge in [0.25, 0.3) is 0 Å². The third kappa shape index (κ3) is 8.40. The van der Waals surface area contributed by atoms with Crippen LogP contribution in [0.15, 0.2) is 30.3 Å². The van der Waals surface area contributed by atoms with E-state index in [0.717, 1.165) is 33.6 Å². The van der Waals surface area contributed by atoms with E-state index in [4.69, 9.17) is 14.8 Å². The minimum atomic E-state index is -1.16. The molecule has 6 nitrogen and oxygen atoms in total. The van der Waals surface area contributed by atoms with Crippen molar-refractivity contribution >= 4 is 49.8 Å². The van der Waals surface area contributed by atoms with Crippen LogP contribution in [0.4, 0.5) is 4.39 Å². The molecule has 0 aliphatic carbocycles. The molecule has 0 spiro atoms. The summed E-state index contributed by atoms with van der Waals surface area (Å²) in [6.45, 7) is 8.49. The van der Waals surface area contributed by atoms with Gasteiger partial charge in [-0.3, -0.25) is 9.78 Å². The minimum absolute atomic E-state index is 0. The molecule has 0 aliphatic heterocycles. The molecule has 0 amide bonds. The number of rotatable bonds is 11. The first kappa shape index (κ1) is 30.7. The maximum Gasteiger partial charge on any atom is 2.00 e. The minimum Gasteiger partial charge on any atom is -1.00 e. The Morgan fingerprint density at radius 2 is 1.71 bits per heavy atom. The Hall–Kier alpha value is -1.35. The number of ether oxygens (including phenoxy) is 1. The van der Waals surface area contributed by atoms with Crippen LogP contribution in [0.2, 0.25) is 0 Å². The van der Waals surface area contributed by atoms with Crippen LogP contribution in [0.3, 0.4) is 0 Å². The fourth-order valence-electron chi connectivity index (χ4n) is 3.85. The monoisotopic (exact) mass is 501 g/mol. The standard InChI is InChI=1S/C26H34FNO5.Ca.2H/c1-15(2)25-21(11-10-19(29)12-20(30)13-23(31)32)24(17-6-8-18(27)9-7-17)22(14-33-5)26(28-25)16(3)4;;;/h6-11,15-16,19-20,29-30H,12-14H2,1-5H3,(H,31,32);;;/q;+2;2*-1/t19-,20-;;;/m1.../s1. The van der Waals surface area contributed by atoms with Gasteiger partial charge in [0, 0.05) is 30.4 Å². The van der Waals surface area contributed by atoms with Gasteiger partial charge in [-0.1, -0.05) is 52.0 Å². The molecule has 0 bridgehead atoms. The number of carbonyl (C=O) groups is 1. The summed E-state index contributed by atoms with van der Waals surface area (Å²) in [7, 11) is 1.61. The van der Waals surface area contributed by atoms with Crippen LogP contribution in [-0.4, -0.2) is 83.3 Å². The smallest absolute Gasteiger partial charge is 1.00 e. The van der Waals surface area contributed by atoms with E-state index in [1.807, 2.05) is 13.8 Å². The summed E-state index contributed by atoms with van der Waals surface area (Å²) >= 11 is 0. The van der Waals surface area contributed by atoms with Crippen LogP contribution >= 0.6 is 0 Å². The summed E-state index contributed by atoms with van der Waals surface area (Å²) in [5, 5.41) is 29.1. The van der Waals surface area contributed by atoms with E-state index in [2.05, 4.69) is 13.8 Å². The normalized spacial score (nSPS) is 13.4. The van der Waals surface area contributed by atoms with Crippen molar-refractivity contribution in [2.75, 3.05) is 7.11 Å². The molecule has 0 fully saturated rings. The molecular weight excluding hydrogens is 465 g/mol. The number of halogens is 1. The second-order valence-corrected chi connectivity index (χ2v) is 8.81.